The highest BCUT2D eigenvalue weighted by Crippen LogP contribution is 2.42. The summed E-state index contributed by atoms with van der Waals surface area (Å²) in [6, 6.07) is 8.44. The first kappa shape index (κ1) is 19.5. The van der Waals surface area contributed by atoms with Gasteiger partial charge in [0, 0.05) is 32.7 Å². The van der Waals surface area contributed by atoms with Crippen LogP contribution in [0.25, 0.3) is 0 Å². The van der Waals surface area contributed by atoms with E-state index in [4.69, 9.17) is 4.74 Å². The molecule has 29 heavy (non-hydrogen) atoms. The zero-order valence-corrected chi connectivity index (χ0v) is 17.0. The highest BCUT2D eigenvalue weighted by molar-refractivity contribution is 6.14. The molecule has 2 heterocycles. The van der Waals surface area contributed by atoms with Gasteiger partial charge in [-0.3, -0.25) is 9.69 Å². The molecule has 1 N–H and O–H groups in total. The summed E-state index contributed by atoms with van der Waals surface area (Å²) >= 11 is 0. The van der Waals surface area contributed by atoms with E-state index < -0.39 is 0 Å². The van der Waals surface area contributed by atoms with Crippen LogP contribution in [0.1, 0.15) is 35.3 Å². The Balaban J connectivity index is 1.54. The molecule has 0 aliphatic carbocycles. The van der Waals surface area contributed by atoms with Crippen molar-refractivity contribution in [3.63, 3.8) is 0 Å². The minimum Gasteiger partial charge on any atom is -0.507 e. The minimum atomic E-state index is -0.212. The average Bonchev–Trinajstić information content (AvgIpc) is 3.04. The Bertz CT molecular complexity index is 1000. The van der Waals surface area contributed by atoms with Crippen LogP contribution in [-0.4, -0.2) is 42.0 Å². The molecule has 0 spiro atoms. The van der Waals surface area contributed by atoms with Gasteiger partial charge in [-0.1, -0.05) is 12.1 Å². The smallest absolute Gasteiger partial charge is 0.232 e. The topological polar surface area (TPSA) is 53.0 Å². The number of hydrogen-bond acceptors (Lipinski definition) is 5. The predicted octanol–water partition coefficient (Wildman–Crippen LogP) is 4.03. The van der Waals surface area contributed by atoms with Gasteiger partial charge in [0.2, 0.25) is 5.78 Å². The van der Waals surface area contributed by atoms with Crippen molar-refractivity contribution in [3.8, 4) is 11.5 Å². The fourth-order valence-electron chi connectivity index (χ4n) is 4.03. The molecule has 0 bridgehead atoms. The molecule has 4 rings (SSSR count). The number of anilines is 1. The van der Waals surface area contributed by atoms with E-state index in [1.807, 2.05) is 31.7 Å². The molecule has 0 saturated carbocycles. The first-order chi connectivity index (χ1) is 13.9. The molecule has 0 amide bonds. The molecule has 1 fully saturated rings. The highest BCUT2D eigenvalue weighted by atomic mass is 19.1. The zero-order chi connectivity index (χ0) is 20.7. The standard InChI is InChI=1S/C23H25FN2O3/c1-14(2)22-21(28)20-15(3)12-19(27)16(23(20)29-22)13-25-8-10-26(11-9-25)18-7-5-4-6-17(18)24/h4-7,12,27H,8-11,13H2,1-3H3. The van der Waals surface area contributed by atoms with Gasteiger partial charge in [0.05, 0.1) is 16.8 Å². The lowest BCUT2D eigenvalue weighted by atomic mass is 9.98. The van der Waals surface area contributed by atoms with E-state index in [9.17, 15) is 14.3 Å². The summed E-state index contributed by atoms with van der Waals surface area (Å²) in [5.74, 6) is 0.624. The number of carbonyl (C=O) groups excluding carboxylic acids is 1. The van der Waals surface area contributed by atoms with Crippen molar-refractivity contribution in [1.29, 1.82) is 0 Å². The Kier molecular flexibility index (Phi) is 5.04. The SMILES string of the molecule is CC(C)=C1Oc2c(CN3CCN(c4ccccc4F)CC3)c(O)cc(C)c2C1=O. The quantitative estimate of drug-likeness (QED) is 0.794. The van der Waals surface area contributed by atoms with Gasteiger partial charge in [-0.25, -0.2) is 4.39 Å². The van der Waals surface area contributed by atoms with Gasteiger partial charge >= 0.3 is 0 Å². The number of aromatic hydroxyl groups is 1. The number of allylic oxidation sites excluding steroid dienone is 2. The second-order valence-corrected chi connectivity index (χ2v) is 7.87. The van der Waals surface area contributed by atoms with Crippen molar-refractivity contribution >= 4 is 11.5 Å². The van der Waals surface area contributed by atoms with Gasteiger partial charge in [0.1, 0.15) is 17.3 Å². The predicted molar refractivity (Wildman–Crippen MR) is 110 cm³/mol. The van der Waals surface area contributed by atoms with Crippen molar-refractivity contribution < 1.29 is 19.0 Å². The second kappa shape index (κ2) is 7.52. The summed E-state index contributed by atoms with van der Waals surface area (Å²) in [5.41, 5.74) is 3.32. The van der Waals surface area contributed by atoms with E-state index in [1.54, 1.807) is 18.2 Å². The molecule has 6 heteroatoms. The molecule has 0 radical (unpaired) electrons. The lowest BCUT2D eigenvalue weighted by Gasteiger charge is -2.36. The Hall–Kier alpha value is -2.86. The molecule has 2 aliphatic rings. The van der Waals surface area contributed by atoms with Crippen LogP contribution in [0.5, 0.6) is 11.5 Å². The Morgan fingerprint density at radius 1 is 1.17 bits per heavy atom. The third-order valence-corrected chi connectivity index (χ3v) is 5.60. The molecule has 2 aromatic carbocycles. The minimum absolute atomic E-state index is 0.122. The fraction of sp³-hybridized carbons (Fsp3) is 0.348. The molecule has 5 nitrogen and oxygen atoms in total. The number of phenols is 1. The van der Waals surface area contributed by atoms with Crippen LogP contribution >= 0.6 is 0 Å². The van der Waals surface area contributed by atoms with E-state index in [1.165, 1.54) is 6.07 Å². The van der Waals surface area contributed by atoms with Crippen LogP contribution in [0, 0.1) is 12.7 Å². The Morgan fingerprint density at radius 2 is 1.86 bits per heavy atom. The normalized spacial score (nSPS) is 16.8. The molecule has 0 unspecified atom stereocenters. The third-order valence-electron chi connectivity index (χ3n) is 5.60. The Morgan fingerprint density at radius 3 is 2.52 bits per heavy atom. The van der Waals surface area contributed by atoms with E-state index in [0.717, 1.165) is 18.7 Å². The van der Waals surface area contributed by atoms with Crippen LogP contribution in [0.15, 0.2) is 41.7 Å². The summed E-state index contributed by atoms with van der Waals surface area (Å²) in [4.78, 5) is 17.0. The van der Waals surface area contributed by atoms with E-state index >= 15 is 0 Å². The number of ketones is 1. The number of ether oxygens (including phenoxy) is 1. The van der Waals surface area contributed by atoms with Gasteiger partial charge in [-0.2, -0.15) is 0 Å². The molecule has 2 aromatic rings. The summed E-state index contributed by atoms with van der Waals surface area (Å²) in [6.45, 7) is 8.79. The Labute approximate surface area is 170 Å². The number of fused-ring (bicyclic) bond motifs is 1. The van der Waals surface area contributed by atoms with Crippen molar-refractivity contribution in [1.82, 2.24) is 4.90 Å². The lowest BCUT2D eigenvalue weighted by molar-refractivity contribution is 0.101. The molecule has 0 aromatic heterocycles. The number of benzene rings is 2. The van der Waals surface area contributed by atoms with Gasteiger partial charge in [0.15, 0.2) is 5.76 Å². The molecule has 0 atom stereocenters. The molecule has 152 valence electrons. The number of hydrogen-bond donors (Lipinski definition) is 1. The number of aryl methyl sites for hydroxylation is 1. The van der Waals surface area contributed by atoms with Crippen molar-refractivity contribution in [3.05, 3.63) is 64.2 Å². The van der Waals surface area contributed by atoms with E-state index in [2.05, 4.69) is 4.90 Å². The molecule has 2 aliphatic heterocycles. The van der Waals surface area contributed by atoms with Crippen LogP contribution in [0.4, 0.5) is 10.1 Å². The van der Waals surface area contributed by atoms with E-state index in [-0.39, 0.29) is 17.3 Å². The maximum Gasteiger partial charge on any atom is 0.232 e. The maximum atomic E-state index is 14.1. The maximum absolute atomic E-state index is 14.1. The second-order valence-electron chi connectivity index (χ2n) is 7.87. The van der Waals surface area contributed by atoms with Crippen molar-refractivity contribution in [2.24, 2.45) is 0 Å². The van der Waals surface area contributed by atoms with Gasteiger partial charge in [-0.15, -0.1) is 0 Å². The first-order valence-electron chi connectivity index (χ1n) is 9.84. The van der Waals surface area contributed by atoms with Crippen LogP contribution < -0.4 is 9.64 Å². The number of nitrogens with zero attached hydrogens (tertiary/aromatic N) is 2. The number of Topliss-reactive ketones (excluding diaryl/α,β-unsaturated/α-hetero) is 1. The molecule has 1 saturated heterocycles. The van der Waals surface area contributed by atoms with Crippen molar-refractivity contribution in [2.45, 2.75) is 27.3 Å². The molecular formula is C23H25FN2O3. The van der Waals surface area contributed by atoms with Gasteiger partial charge in [0.25, 0.3) is 0 Å². The van der Waals surface area contributed by atoms with Gasteiger partial charge in [-0.05, 0) is 50.1 Å². The number of para-hydroxylation sites is 1. The summed E-state index contributed by atoms with van der Waals surface area (Å²) < 4.78 is 20.0. The van der Waals surface area contributed by atoms with E-state index in [0.29, 0.717) is 53.5 Å². The summed E-state index contributed by atoms with van der Waals surface area (Å²) in [5, 5.41) is 10.6. The van der Waals surface area contributed by atoms with Crippen LogP contribution in [-0.2, 0) is 6.54 Å². The number of halogens is 1. The summed E-state index contributed by atoms with van der Waals surface area (Å²) in [7, 11) is 0. The lowest BCUT2D eigenvalue weighted by Crippen LogP contribution is -2.46. The zero-order valence-electron chi connectivity index (χ0n) is 17.0. The number of rotatable bonds is 3. The number of phenolic OH excluding ortho intramolecular Hbond substituents is 1. The highest BCUT2D eigenvalue weighted by Gasteiger charge is 2.34. The third kappa shape index (κ3) is 3.49. The number of piperazine rings is 1. The van der Waals surface area contributed by atoms with Crippen LogP contribution in [0.2, 0.25) is 0 Å². The number of carbonyl (C=O) groups is 1. The van der Waals surface area contributed by atoms with Crippen LogP contribution in [0.3, 0.4) is 0 Å². The molecular weight excluding hydrogens is 371 g/mol. The largest absolute Gasteiger partial charge is 0.507 e. The first-order valence-corrected chi connectivity index (χ1v) is 9.84. The fourth-order valence-corrected chi connectivity index (χ4v) is 4.03. The van der Waals surface area contributed by atoms with Gasteiger partial charge < -0.3 is 14.7 Å². The monoisotopic (exact) mass is 396 g/mol. The average molecular weight is 396 g/mol. The van der Waals surface area contributed by atoms with Crippen molar-refractivity contribution in [2.75, 3.05) is 31.1 Å². The summed E-state index contributed by atoms with van der Waals surface area (Å²) in [6.07, 6.45) is 0.